The summed E-state index contributed by atoms with van der Waals surface area (Å²) in [7, 11) is 0. The molecule has 2 aromatic rings. The fourth-order valence-electron chi connectivity index (χ4n) is 2.41. The summed E-state index contributed by atoms with van der Waals surface area (Å²) < 4.78 is 0. The molecule has 1 heteroatoms. The molecule has 0 fully saturated rings. The number of carbonyl (C=O) groups is 1. The van der Waals surface area contributed by atoms with Gasteiger partial charge in [-0.15, -0.1) is 0 Å². The van der Waals surface area contributed by atoms with Gasteiger partial charge in [0.05, 0.1) is 0 Å². The van der Waals surface area contributed by atoms with Gasteiger partial charge in [0.15, 0.2) is 5.78 Å². The molecule has 0 aliphatic heterocycles. The average molecular weight is 278 g/mol. The molecule has 0 amide bonds. The summed E-state index contributed by atoms with van der Waals surface area (Å²) in [4.78, 5) is 11.2. The van der Waals surface area contributed by atoms with Crippen LogP contribution in [0, 0.1) is 5.92 Å². The number of ketones is 1. The van der Waals surface area contributed by atoms with Gasteiger partial charge in [0.2, 0.25) is 0 Å². The summed E-state index contributed by atoms with van der Waals surface area (Å²) in [6.07, 6.45) is 3.68. The number of Topliss-reactive ketones (excluding diaryl/α,β-unsaturated/α-hetero) is 1. The van der Waals surface area contributed by atoms with E-state index >= 15 is 0 Å². The smallest absolute Gasteiger partial charge is 0.158 e. The van der Waals surface area contributed by atoms with E-state index in [-0.39, 0.29) is 5.78 Å². The Bertz CT molecular complexity index is 614. The molecule has 0 spiro atoms. The second-order valence-corrected chi connectivity index (χ2v) is 5.64. The van der Waals surface area contributed by atoms with E-state index in [1.54, 1.807) is 0 Å². The average Bonchev–Trinajstić information content (AvgIpc) is 2.50. The highest BCUT2D eigenvalue weighted by atomic mass is 16.1. The molecular weight excluding hydrogens is 256 g/mol. The molecule has 0 radical (unpaired) electrons. The maximum Gasteiger partial charge on any atom is 0.158 e. The van der Waals surface area contributed by atoms with Crippen LogP contribution in [0.2, 0.25) is 0 Å². The minimum Gasteiger partial charge on any atom is -0.295 e. The van der Waals surface area contributed by atoms with Crippen molar-refractivity contribution in [1.29, 1.82) is 0 Å². The monoisotopic (exact) mass is 278 g/mol. The number of allylic oxidation sites excluding steroid dienone is 3. The second-order valence-electron chi connectivity index (χ2n) is 5.64. The third-order valence-electron chi connectivity index (χ3n) is 3.94. The summed E-state index contributed by atoms with van der Waals surface area (Å²) in [6, 6.07) is 16.7. The number of rotatable bonds is 1. The molecule has 1 unspecified atom stereocenters. The highest BCUT2D eigenvalue weighted by Gasteiger charge is 2.19. The second kappa shape index (κ2) is 7.03. The van der Waals surface area contributed by atoms with Gasteiger partial charge in [0.25, 0.3) is 0 Å². The normalized spacial score (nSPS) is 17.7. The van der Waals surface area contributed by atoms with Crippen LogP contribution in [0.1, 0.15) is 26.7 Å². The quantitative estimate of drug-likeness (QED) is 0.644. The van der Waals surface area contributed by atoms with Crippen LogP contribution in [-0.2, 0) is 4.79 Å². The predicted molar refractivity (Wildman–Crippen MR) is 90.3 cm³/mol. The van der Waals surface area contributed by atoms with E-state index in [1.165, 1.54) is 10.8 Å². The summed E-state index contributed by atoms with van der Waals surface area (Å²) in [5, 5.41) is 2.62. The van der Waals surface area contributed by atoms with Crippen molar-refractivity contribution in [2.24, 2.45) is 5.92 Å². The van der Waals surface area contributed by atoms with E-state index in [1.807, 2.05) is 19.9 Å². The fourth-order valence-corrected chi connectivity index (χ4v) is 2.41. The summed E-state index contributed by atoms with van der Waals surface area (Å²) >= 11 is 0. The third-order valence-corrected chi connectivity index (χ3v) is 3.94. The van der Waals surface area contributed by atoms with Crippen LogP contribution in [0.25, 0.3) is 10.8 Å². The molecule has 0 N–H and O–H groups in total. The Labute approximate surface area is 127 Å². The van der Waals surface area contributed by atoms with E-state index in [0.717, 1.165) is 17.6 Å². The first-order valence-corrected chi connectivity index (χ1v) is 7.37. The lowest BCUT2D eigenvalue weighted by Gasteiger charge is -2.18. The zero-order chi connectivity index (χ0) is 15.2. The Hall–Kier alpha value is -2.15. The van der Waals surface area contributed by atoms with Gasteiger partial charge in [-0.05, 0) is 42.5 Å². The lowest BCUT2D eigenvalue weighted by molar-refractivity contribution is -0.116. The van der Waals surface area contributed by atoms with Crippen LogP contribution in [0.15, 0.2) is 72.3 Å². The Kier molecular flexibility index (Phi) is 5.10. The topological polar surface area (TPSA) is 17.1 Å². The Balaban J connectivity index is 0.000000154. The molecule has 1 atom stereocenters. The minimum absolute atomic E-state index is 0.282. The first-order chi connectivity index (χ1) is 10.1. The van der Waals surface area contributed by atoms with Crippen LogP contribution < -0.4 is 0 Å². The molecule has 1 aliphatic carbocycles. The molecule has 0 heterocycles. The molecule has 1 nitrogen and oxygen atoms in total. The molecular formula is C20H22O. The van der Waals surface area contributed by atoms with Crippen LogP contribution >= 0.6 is 0 Å². The zero-order valence-electron chi connectivity index (χ0n) is 12.8. The molecule has 0 saturated heterocycles. The van der Waals surface area contributed by atoms with Crippen LogP contribution in [-0.4, -0.2) is 5.78 Å². The zero-order valence-corrected chi connectivity index (χ0v) is 12.8. The van der Waals surface area contributed by atoms with Crippen molar-refractivity contribution in [3.05, 3.63) is 72.3 Å². The van der Waals surface area contributed by atoms with Gasteiger partial charge in [-0.1, -0.05) is 66.8 Å². The van der Waals surface area contributed by atoms with Gasteiger partial charge in [-0.25, -0.2) is 0 Å². The van der Waals surface area contributed by atoms with Crippen molar-refractivity contribution < 1.29 is 4.79 Å². The summed E-state index contributed by atoms with van der Waals surface area (Å²) in [6.45, 7) is 7.74. The summed E-state index contributed by atoms with van der Waals surface area (Å²) in [5.41, 5.74) is 2.05. The van der Waals surface area contributed by atoms with Crippen LogP contribution in [0.5, 0.6) is 0 Å². The predicted octanol–water partition coefficient (Wildman–Crippen LogP) is 5.33. The van der Waals surface area contributed by atoms with Crippen molar-refractivity contribution in [2.45, 2.75) is 26.7 Å². The lowest BCUT2D eigenvalue weighted by atomic mass is 9.85. The van der Waals surface area contributed by atoms with Crippen LogP contribution in [0.3, 0.4) is 0 Å². The van der Waals surface area contributed by atoms with E-state index in [0.29, 0.717) is 12.3 Å². The number of carbonyl (C=O) groups excluding carboxylic acids is 1. The maximum atomic E-state index is 11.2. The molecule has 21 heavy (non-hydrogen) atoms. The molecule has 0 aromatic heterocycles. The summed E-state index contributed by atoms with van der Waals surface area (Å²) in [5.74, 6) is 0.676. The van der Waals surface area contributed by atoms with Crippen molar-refractivity contribution in [3.63, 3.8) is 0 Å². The van der Waals surface area contributed by atoms with Crippen molar-refractivity contribution >= 4 is 16.6 Å². The number of fused-ring (bicyclic) bond motifs is 1. The van der Waals surface area contributed by atoms with Crippen molar-refractivity contribution in [2.75, 3.05) is 0 Å². The SMILES string of the molecule is C=C(C)C1CC=C(C)C(=O)C1.c1ccc2ccccc2c1. The Morgan fingerprint density at radius 2 is 1.52 bits per heavy atom. The van der Waals surface area contributed by atoms with Gasteiger partial charge in [0, 0.05) is 6.42 Å². The van der Waals surface area contributed by atoms with Gasteiger partial charge in [-0.2, -0.15) is 0 Å². The molecule has 2 aromatic carbocycles. The van der Waals surface area contributed by atoms with Gasteiger partial charge >= 0.3 is 0 Å². The molecule has 108 valence electrons. The first kappa shape index (κ1) is 15.2. The van der Waals surface area contributed by atoms with Crippen LogP contribution in [0.4, 0.5) is 0 Å². The minimum atomic E-state index is 0.282. The maximum absolute atomic E-state index is 11.2. The number of benzene rings is 2. The van der Waals surface area contributed by atoms with Crippen molar-refractivity contribution in [1.82, 2.24) is 0 Å². The van der Waals surface area contributed by atoms with E-state index in [4.69, 9.17) is 0 Å². The van der Waals surface area contributed by atoms with Gasteiger partial charge < -0.3 is 0 Å². The number of hydrogen-bond donors (Lipinski definition) is 0. The Morgan fingerprint density at radius 1 is 1.05 bits per heavy atom. The third kappa shape index (κ3) is 4.16. The molecule has 3 rings (SSSR count). The lowest BCUT2D eigenvalue weighted by Crippen LogP contribution is -2.14. The highest BCUT2D eigenvalue weighted by molar-refractivity contribution is 5.95. The standard InChI is InChI=1S/C10H14O.C10H8/c1-7(2)9-5-4-8(3)10(11)6-9;1-2-6-10-8-4-3-7-9(10)5-1/h4,9H,1,5-6H2,2-3H3;1-8H. The van der Waals surface area contributed by atoms with E-state index in [2.05, 4.69) is 55.1 Å². The molecule has 0 bridgehead atoms. The highest BCUT2D eigenvalue weighted by Crippen LogP contribution is 2.25. The molecule has 0 saturated carbocycles. The van der Waals surface area contributed by atoms with E-state index < -0.39 is 0 Å². The van der Waals surface area contributed by atoms with Gasteiger partial charge in [0.1, 0.15) is 0 Å². The Morgan fingerprint density at radius 3 is 1.90 bits per heavy atom. The van der Waals surface area contributed by atoms with Crippen molar-refractivity contribution in [3.8, 4) is 0 Å². The number of hydrogen-bond acceptors (Lipinski definition) is 1. The van der Waals surface area contributed by atoms with Gasteiger partial charge in [-0.3, -0.25) is 4.79 Å². The largest absolute Gasteiger partial charge is 0.295 e. The first-order valence-electron chi connectivity index (χ1n) is 7.37. The fraction of sp³-hybridized carbons (Fsp3) is 0.250. The van der Waals surface area contributed by atoms with E-state index in [9.17, 15) is 4.79 Å². The molecule has 1 aliphatic rings.